The fraction of sp³-hybridized carbons (Fsp3) is 0.450. The maximum atomic E-state index is 12.1. The van der Waals surface area contributed by atoms with Crippen molar-refractivity contribution in [2.24, 2.45) is 5.92 Å². The lowest BCUT2D eigenvalue weighted by atomic mass is 9.98. The fourth-order valence-electron chi connectivity index (χ4n) is 3.31. The lowest BCUT2D eigenvalue weighted by Crippen LogP contribution is -2.39. The van der Waals surface area contributed by atoms with E-state index in [2.05, 4.69) is 11.1 Å². The molecular formula is C20H23N3O5. The van der Waals surface area contributed by atoms with Crippen LogP contribution in [0.2, 0.25) is 0 Å². The summed E-state index contributed by atoms with van der Waals surface area (Å²) >= 11 is 0. The Balaban J connectivity index is 1.89. The lowest BCUT2D eigenvalue weighted by Gasteiger charge is -2.31. The van der Waals surface area contributed by atoms with Crippen LogP contribution in [0, 0.1) is 17.2 Å². The molecule has 1 saturated heterocycles. The smallest absolute Gasteiger partial charge is 0.310 e. The van der Waals surface area contributed by atoms with Gasteiger partial charge in [0.25, 0.3) is 0 Å². The van der Waals surface area contributed by atoms with E-state index in [0.29, 0.717) is 48.5 Å². The lowest BCUT2D eigenvalue weighted by molar-refractivity contribution is -0.148. The predicted molar refractivity (Wildman–Crippen MR) is 101 cm³/mol. The number of methoxy groups -OCH3 is 2. The van der Waals surface area contributed by atoms with Gasteiger partial charge in [-0.2, -0.15) is 10.2 Å². The minimum Gasteiger partial charge on any atom is -0.493 e. The van der Waals surface area contributed by atoms with Crippen LogP contribution in [0.5, 0.6) is 11.5 Å². The first-order chi connectivity index (χ1) is 13.6. The summed E-state index contributed by atoms with van der Waals surface area (Å²) in [6.45, 7) is 3.27. The molecule has 1 aliphatic heterocycles. The maximum absolute atomic E-state index is 12.1. The molecule has 28 heavy (non-hydrogen) atoms. The average Bonchev–Trinajstić information content (AvgIpc) is 3.18. The van der Waals surface area contributed by atoms with E-state index in [1.165, 1.54) is 0 Å². The second-order valence-corrected chi connectivity index (χ2v) is 6.39. The monoisotopic (exact) mass is 385 g/mol. The number of carbonyl (C=O) groups is 1. The molecule has 0 saturated carbocycles. The molecule has 3 rings (SSSR count). The van der Waals surface area contributed by atoms with Crippen LogP contribution < -0.4 is 14.4 Å². The predicted octanol–water partition coefficient (Wildman–Crippen LogP) is 3.01. The number of hydrogen-bond donors (Lipinski definition) is 0. The molecule has 0 spiro atoms. The van der Waals surface area contributed by atoms with Crippen LogP contribution >= 0.6 is 0 Å². The standard InChI is InChI=1S/C20H23N3O5/c1-4-27-20(24)14-6-5-9-23(12-14)19-15(11-21)22-18(28-19)13-7-8-16(25-2)17(10-13)26-3/h7-8,10,14H,4-6,9,12H2,1-3H3. The first-order valence-electron chi connectivity index (χ1n) is 9.16. The van der Waals surface area contributed by atoms with E-state index in [1.54, 1.807) is 39.3 Å². The van der Waals surface area contributed by atoms with Crippen LogP contribution in [-0.4, -0.2) is 44.9 Å². The van der Waals surface area contributed by atoms with Gasteiger partial charge in [0.2, 0.25) is 17.5 Å². The number of benzene rings is 1. The van der Waals surface area contributed by atoms with Crippen molar-refractivity contribution in [3.8, 4) is 29.0 Å². The van der Waals surface area contributed by atoms with Crippen LogP contribution in [0.15, 0.2) is 22.6 Å². The Morgan fingerprint density at radius 2 is 2.14 bits per heavy atom. The third-order valence-corrected chi connectivity index (χ3v) is 4.67. The van der Waals surface area contributed by atoms with Gasteiger partial charge in [0, 0.05) is 18.7 Å². The molecule has 8 heteroatoms. The number of piperidine rings is 1. The Kier molecular flexibility index (Phi) is 6.04. The summed E-state index contributed by atoms with van der Waals surface area (Å²) in [5.74, 6) is 1.36. The third-order valence-electron chi connectivity index (χ3n) is 4.67. The highest BCUT2D eigenvalue weighted by Gasteiger charge is 2.30. The van der Waals surface area contributed by atoms with Crippen molar-refractivity contribution < 1.29 is 23.4 Å². The molecule has 148 valence electrons. The molecule has 0 radical (unpaired) electrons. The van der Waals surface area contributed by atoms with Crippen molar-refractivity contribution in [1.82, 2.24) is 4.98 Å². The highest BCUT2D eigenvalue weighted by Crippen LogP contribution is 2.35. The van der Waals surface area contributed by atoms with Crippen molar-refractivity contribution in [2.45, 2.75) is 19.8 Å². The summed E-state index contributed by atoms with van der Waals surface area (Å²) in [4.78, 5) is 18.3. The molecule has 0 bridgehead atoms. The van der Waals surface area contributed by atoms with Crippen molar-refractivity contribution in [3.05, 3.63) is 23.9 Å². The van der Waals surface area contributed by atoms with Gasteiger partial charge >= 0.3 is 5.97 Å². The van der Waals surface area contributed by atoms with E-state index in [4.69, 9.17) is 18.6 Å². The van der Waals surface area contributed by atoms with E-state index in [-0.39, 0.29) is 17.6 Å². The molecule has 2 aromatic rings. The number of anilines is 1. The SMILES string of the molecule is CCOC(=O)C1CCCN(c2oc(-c3ccc(OC)c(OC)c3)nc2C#N)C1. The first kappa shape index (κ1) is 19.5. The summed E-state index contributed by atoms with van der Waals surface area (Å²) in [6.07, 6.45) is 1.56. The quantitative estimate of drug-likeness (QED) is 0.700. The molecular weight excluding hydrogens is 362 g/mol. The van der Waals surface area contributed by atoms with Gasteiger partial charge in [0.15, 0.2) is 11.5 Å². The summed E-state index contributed by atoms with van der Waals surface area (Å²) in [7, 11) is 3.11. The molecule has 1 unspecified atom stereocenters. The Morgan fingerprint density at radius 1 is 1.36 bits per heavy atom. The molecule has 1 atom stereocenters. The van der Waals surface area contributed by atoms with Crippen molar-refractivity contribution in [1.29, 1.82) is 5.26 Å². The van der Waals surface area contributed by atoms with Crippen LogP contribution in [0.4, 0.5) is 5.88 Å². The summed E-state index contributed by atoms with van der Waals surface area (Å²) in [5.41, 5.74) is 0.855. The zero-order chi connectivity index (χ0) is 20.1. The van der Waals surface area contributed by atoms with Gasteiger partial charge in [-0.1, -0.05) is 0 Å². The van der Waals surface area contributed by atoms with Crippen molar-refractivity contribution >= 4 is 11.9 Å². The Labute approximate surface area is 163 Å². The van der Waals surface area contributed by atoms with Gasteiger partial charge in [0.05, 0.1) is 26.7 Å². The fourth-order valence-corrected chi connectivity index (χ4v) is 3.31. The normalized spacial score (nSPS) is 16.4. The molecule has 1 aromatic heterocycles. The average molecular weight is 385 g/mol. The number of nitriles is 1. The highest BCUT2D eigenvalue weighted by atomic mass is 16.5. The molecule has 0 N–H and O–H groups in total. The van der Waals surface area contributed by atoms with Gasteiger partial charge in [-0.15, -0.1) is 0 Å². The Morgan fingerprint density at radius 3 is 2.82 bits per heavy atom. The molecule has 1 aliphatic rings. The molecule has 8 nitrogen and oxygen atoms in total. The van der Waals surface area contributed by atoms with Crippen LogP contribution in [0.3, 0.4) is 0 Å². The topological polar surface area (TPSA) is 97.8 Å². The van der Waals surface area contributed by atoms with E-state index in [9.17, 15) is 10.1 Å². The number of carbonyl (C=O) groups excluding carboxylic acids is 1. The Hall–Kier alpha value is -3.21. The number of esters is 1. The van der Waals surface area contributed by atoms with Crippen molar-refractivity contribution in [3.63, 3.8) is 0 Å². The van der Waals surface area contributed by atoms with Gasteiger partial charge in [-0.05, 0) is 38.0 Å². The number of hydrogen-bond acceptors (Lipinski definition) is 8. The number of nitrogens with zero attached hydrogens (tertiary/aromatic N) is 3. The van der Waals surface area contributed by atoms with Crippen molar-refractivity contribution in [2.75, 3.05) is 38.8 Å². The molecule has 2 heterocycles. The molecule has 1 fully saturated rings. The van der Waals surface area contributed by atoms with Crippen LogP contribution in [-0.2, 0) is 9.53 Å². The van der Waals surface area contributed by atoms with E-state index in [0.717, 1.165) is 12.8 Å². The van der Waals surface area contributed by atoms with E-state index in [1.807, 2.05) is 4.90 Å². The van der Waals surface area contributed by atoms with Crippen LogP contribution in [0.25, 0.3) is 11.5 Å². The van der Waals surface area contributed by atoms with Gasteiger partial charge < -0.3 is 23.5 Å². The molecule has 1 aromatic carbocycles. The molecule has 0 aliphatic carbocycles. The first-order valence-corrected chi connectivity index (χ1v) is 9.16. The highest BCUT2D eigenvalue weighted by molar-refractivity contribution is 5.74. The van der Waals surface area contributed by atoms with Gasteiger partial charge in [0.1, 0.15) is 6.07 Å². The van der Waals surface area contributed by atoms with E-state index < -0.39 is 0 Å². The number of aromatic nitrogens is 1. The third kappa shape index (κ3) is 3.88. The number of oxazole rings is 1. The zero-order valence-electron chi connectivity index (χ0n) is 16.2. The minimum atomic E-state index is -0.241. The summed E-state index contributed by atoms with van der Waals surface area (Å²) in [6, 6.07) is 7.37. The van der Waals surface area contributed by atoms with E-state index >= 15 is 0 Å². The zero-order valence-corrected chi connectivity index (χ0v) is 16.2. The Bertz CT molecular complexity index is 886. The summed E-state index contributed by atoms with van der Waals surface area (Å²) < 4.78 is 21.6. The summed E-state index contributed by atoms with van der Waals surface area (Å²) in [5, 5.41) is 9.52. The molecule has 0 amide bonds. The number of rotatable bonds is 6. The van der Waals surface area contributed by atoms with Crippen LogP contribution in [0.1, 0.15) is 25.5 Å². The second-order valence-electron chi connectivity index (χ2n) is 6.39. The largest absolute Gasteiger partial charge is 0.493 e. The number of ether oxygens (including phenoxy) is 3. The second kappa shape index (κ2) is 8.65. The van der Waals surface area contributed by atoms with Gasteiger partial charge in [-0.3, -0.25) is 4.79 Å². The van der Waals surface area contributed by atoms with Gasteiger partial charge in [-0.25, -0.2) is 0 Å². The maximum Gasteiger partial charge on any atom is 0.310 e. The minimum absolute atomic E-state index is 0.189.